The van der Waals surface area contributed by atoms with Crippen molar-refractivity contribution in [2.45, 2.75) is 39.2 Å². The first-order chi connectivity index (χ1) is 9.74. The second kappa shape index (κ2) is 7.41. The van der Waals surface area contributed by atoms with Gasteiger partial charge in [0.25, 0.3) is 0 Å². The summed E-state index contributed by atoms with van der Waals surface area (Å²) in [4.78, 5) is 12.2. The lowest BCUT2D eigenvalue weighted by Crippen LogP contribution is -2.40. The second-order valence-corrected chi connectivity index (χ2v) is 5.11. The molecule has 0 radical (unpaired) electrons. The van der Waals surface area contributed by atoms with Crippen molar-refractivity contribution in [1.82, 2.24) is 5.32 Å². The number of carbonyl (C=O) groups is 1. The predicted octanol–water partition coefficient (Wildman–Crippen LogP) is 2.13. The van der Waals surface area contributed by atoms with Gasteiger partial charge in [-0.25, -0.2) is 0 Å². The Hall–Kier alpha value is -1.39. The molecule has 1 aromatic carbocycles. The Morgan fingerprint density at radius 3 is 2.60 bits per heavy atom. The number of ether oxygens (including phenoxy) is 1. The topological polar surface area (TPSA) is 50.4 Å². The molecule has 1 atom stereocenters. The van der Waals surface area contributed by atoms with Crippen LogP contribution in [0.1, 0.15) is 31.4 Å². The van der Waals surface area contributed by atoms with Crippen LogP contribution in [0.2, 0.25) is 0 Å². The van der Waals surface area contributed by atoms with E-state index in [-0.39, 0.29) is 12.0 Å². The maximum absolute atomic E-state index is 12.2. The first-order valence-corrected chi connectivity index (χ1v) is 7.47. The molecular weight excluding hydrogens is 252 g/mol. The predicted molar refractivity (Wildman–Crippen MR) is 81.1 cm³/mol. The van der Waals surface area contributed by atoms with E-state index in [1.807, 2.05) is 0 Å². The van der Waals surface area contributed by atoms with Crippen LogP contribution in [0.25, 0.3) is 0 Å². The number of benzene rings is 1. The van der Waals surface area contributed by atoms with Gasteiger partial charge in [0, 0.05) is 18.8 Å². The Morgan fingerprint density at radius 2 is 2.05 bits per heavy atom. The second-order valence-electron chi connectivity index (χ2n) is 5.11. The van der Waals surface area contributed by atoms with Gasteiger partial charge in [-0.15, -0.1) is 0 Å². The molecule has 1 fully saturated rings. The number of morpholine rings is 1. The molecule has 110 valence electrons. The zero-order valence-electron chi connectivity index (χ0n) is 12.4. The minimum Gasteiger partial charge on any atom is -0.375 e. The van der Waals surface area contributed by atoms with Gasteiger partial charge in [-0.3, -0.25) is 4.79 Å². The lowest BCUT2D eigenvalue weighted by atomic mass is 10.0. The Labute approximate surface area is 120 Å². The lowest BCUT2D eigenvalue weighted by Gasteiger charge is -2.23. The number of hydrogen-bond donors (Lipinski definition) is 2. The van der Waals surface area contributed by atoms with Gasteiger partial charge < -0.3 is 15.4 Å². The number of hydrogen-bond acceptors (Lipinski definition) is 3. The number of carbonyl (C=O) groups excluding carboxylic acids is 1. The van der Waals surface area contributed by atoms with Crippen LogP contribution in [0.3, 0.4) is 0 Å². The third-order valence-corrected chi connectivity index (χ3v) is 3.68. The molecule has 4 nitrogen and oxygen atoms in total. The van der Waals surface area contributed by atoms with Crippen LogP contribution in [-0.2, 0) is 22.4 Å². The summed E-state index contributed by atoms with van der Waals surface area (Å²) in [5.41, 5.74) is 3.38. The van der Waals surface area contributed by atoms with Crippen LogP contribution >= 0.6 is 0 Å². The molecule has 2 rings (SSSR count). The number of para-hydroxylation sites is 1. The van der Waals surface area contributed by atoms with Crippen LogP contribution in [0, 0.1) is 0 Å². The molecule has 1 heterocycles. The van der Waals surface area contributed by atoms with Crippen molar-refractivity contribution in [3.05, 3.63) is 29.3 Å². The number of rotatable bonds is 5. The molecule has 0 spiro atoms. The molecule has 0 bridgehead atoms. The number of aryl methyl sites for hydroxylation is 2. The molecule has 0 aromatic heterocycles. The fraction of sp³-hybridized carbons (Fsp3) is 0.562. The molecule has 0 saturated carbocycles. The maximum Gasteiger partial charge on any atom is 0.227 e. The van der Waals surface area contributed by atoms with E-state index in [4.69, 9.17) is 4.74 Å². The van der Waals surface area contributed by atoms with E-state index < -0.39 is 0 Å². The Bertz CT molecular complexity index is 432. The summed E-state index contributed by atoms with van der Waals surface area (Å²) in [5.74, 6) is 0.0364. The summed E-state index contributed by atoms with van der Waals surface area (Å²) in [6.07, 6.45) is 2.24. The maximum atomic E-state index is 12.2. The Kier molecular flexibility index (Phi) is 5.56. The SMILES string of the molecule is CCc1cccc(CC)c1NC(=O)CC1CNCCO1. The van der Waals surface area contributed by atoms with Crippen LogP contribution in [0.15, 0.2) is 18.2 Å². The van der Waals surface area contributed by atoms with E-state index in [1.165, 1.54) is 11.1 Å². The Balaban J connectivity index is 2.02. The standard InChI is InChI=1S/C16H24N2O2/c1-3-12-6-5-7-13(4-2)16(12)18-15(19)10-14-11-17-8-9-20-14/h5-7,14,17H,3-4,8-11H2,1-2H3,(H,18,19). The zero-order chi connectivity index (χ0) is 14.4. The molecule has 1 unspecified atom stereocenters. The average Bonchev–Trinajstić information content (AvgIpc) is 2.48. The summed E-state index contributed by atoms with van der Waals surface area (Å²) >= 11 is 0. The van der Waals surface area contributed by atoms with Crippen molar-refractivity contribution < 1.29 is 9.53 Å². The molecule has 1 aliphatic rings. The first-order valence-electron chi connectivity index (χ1n) is 7.47. The highest BCUT2D eigenvalue weighted by Gasteiger charge is 2.18. The lowest BCUT2D eigenvalue weighted by molar-refractivity contribution is -0.119. The molecule has 1 amide bonds. The molecule has 1 saturated heterocycles. The molecule has 0 aliphatic carbocycles. The van der Waals surface area contributed by atoms with Gasteiger partial charge in [-0.2, -0.15) is 0 Å². The number of nitrogens with one attached hydrogen (secondary N) is 2. The van der Waals surface area contributed by atoms with E-state index in [0.717, 1.165) is 31.6 Å². The van der Waals surface area contributed by atoms with E-state index in [1.54, 1.807) is 0 Å². The third kappa shape index (κ3) is 3.81. The van der Waals surface area contributed by atoms with Crippen LogP contribution < -0.4 is 10.6 Å². The summed E-state index contributed by atoms with van der Waals surface area (Å²) in [6, 6.07) is 6.21. The van der Waals surface area contributed by atoms with Gasteiger partial charge >= 0.3 is 0 Å². The average molecular weight is 276 g/mol. The normalized spacial score (nSPS) is 18.8. The minimum absolute atomic E-state index is 0.0115. The van der Waals surface area contributed by atoms with Gasteiger partial charge in [-0.05, 0) is 24.0 Å². The third-order valence-electron chi connectivity index (χ3n) is 3.68. The minimum atomic E-state index is -0.0115. The van der Waals surface area contributed by atoms with Gasteiger partial charge in [-0.1, -0.05) is 32.0 Å². The van der Waals surface area contributed by atoms with Crippen LogP contribution in [-0.4, -0.2) is 31.7 Å². The van der Waals surface area contributed by atoms with E-state index >= 15 is 0 Å². The van der Waals surface area contributed by atoms with E-state index in [0.29, 0.717) is 13.0 Å². The summed E-state index contributed by atoms with van der Waals surface area (Å²) in [5, 5.41) is 6.33. The molecule has 20 heavy (non-hydrogen) atoms. The van der Waals surface area contributed by atoms with Crippen molar-refractivity contribution in [2.75, 3.05) is 25.0 Å². The summed E-state index contributed by atoms with van der Waals surface area (Å²) in [7, 11) is 0. The van der Waals surface area contributed by atoms with Gasteiger partial charge in [0.05, 0.1) is 19.1 Å². The van der Waals surface area contributed by atoms with Crippen molar-refractivity contribution >= 4 is 11.6 Å². The largest absolute Gasteiger partial charge is 0.375 e. The number of anilines is 1. The van der Waals surface area contributed by atoms with Crippen molar-refractivity contribution in [2.24, 2.45) is 0 Å². The summed E-state index contributed by atoms with van der Waals surface area (Å²) in [6.45, 7) is 6.53. The molecule has 4 heteroatoms. The number of amides is 1. The highest BCUT2D eigenvalue weighted by atomic mass is 16.5. The molecule has 2 N–H and O–H groups in total. The molecular formula is C16H24N2O2. The van der Waals surface area contributed by atoms with Gasteiger partial charge in [0.1, 0.15) is 0 Å². The van der Waals surface area contributed by atoms with E-state index in [2.05, 4.69) is 42.7 Å². The van der Waals surface area contributed by atoms with Crippen LogP contribution in [0.4, 0.5) is 5.69 Å². The van der Waals surface area contributed by atoms with E-state index in [9.17, 15) is 4.79 Å². The molecule has 1 aliphatic heterocycles. The Morgan fingerprint density at radius 1 is 1.35 bits per heavy atom. The fourth-order valence-corrected chi connectivity index (χ4v) is 2.55. The highest BCUT2D eigenvalue weighted by molar-refractivity contribution is 5.92. The first kappa shape index (κ1) is 15.0. The van der Waals surface area contributed by atoms with Crippen molar-refractivity contribution in [3.8, 4) is 0 Å². The quantitative estimate of drug-likeness (QED) is 0.866. The fourth-order valence-electron chi connectivity index (χ4n) is 2.55. The smallest absolute Gasteiger partial charge is 0.227 e. The van der Waals surface area contributed by atoms with Gasteiger partial charge in [0.15, 0.2) is 0 Å². The van der Waals surface area contributed by atoms with Gasteiger partial charge in [0.2, 0.25) is 5.91 Å². The molecule has 1 aromatic rings. The summed E-state index contributed by atoms with van der Waals surface area (Å²) < 4.78 is 5.58. The zero-order valence-corrected chi connectivity index (χ0v) is 12.4. The van der Waals surface area contributed by atoms with Crippen LogP contribution in [0.5, 0.6) is 0 Å². The van der Waals surface area contributed by atoms with Crippen molar-refractivity contribution in [3.63, 3.8) is 0 Å². The monoisotopic (exact) mass is 276 g/mol. The van der Waals surface area contributed by atoms with Crippen molar-refractivity contribution in [1.29, 1.82) is 0 Å². The highest BCUT2D eigenvalue weighted by Crippen LogP contribution is 2.23.